The lowest BCUT2D eigenvalue weighted by Crippen LogP contribution is -2.05. The highest BCUT2D eigenvalue weighted by Crippen LogP contribution is 2.38. The molecule has 0 saturated carbocycles. The van der Waals surface area contributed by atoms with E-state index >= 15 is 0 Å². The van der Waals surface area contributed by atoms with Gasteiger partial charge in [-0.1, -0.05) is 48.5 Å². The van der Waals surface area contributed by atoms with E-state index in [1.54, 1.807) is 0 Å². The Kier molecular flexibility index (Phi) is 4.63. The summed E-state index contributed by atoms with van der Waals surface area (Å²) in [6, 6.07) is 18.5. The normalized spacial score (nSPS) is 12.2. The Morgan fingerprint density at radius 1 is 0.731 bits per heavy atom. The molecule has 0 fully saturated rings. The van der Waals surface area contributed by atoms with E-state index in [2.05, 4.69) is 0 Å². The maximum Gasteiger partial charge on any atom is 0.416 e. The number of halogens is 3. The lowest BCUT2D eigenvalue weighted by atomic mass is 9.93. The van der Waals surface area contributed by atoms with Gasteiger partial charge in [0, 0.05) is 6.26 Å². The van der Waals surface area contributed by atoms with Crippen LogP contribution in [0.4, 0.5) is 13.2 Å². The van der Waals surface area contributed by atoms with Crippen molar-refractivity contribution in [1.82, 2.24) is 0 Å². The van der Waals surface area contributed by atoms with Crippen molar-refractivity contribution in [3.63, 3.8) is 0 Å². The fourth-order valence-electron chi connectivity index (χ4n) is 2.71. The highest BCUT2D eigenvalue weighted by molar-refractivity contribution is 7.90. The summed E-state index contributed by atoms with van der Waals surface area (Å²) in [6.07, 6.45) is -3.38. The zero-order valence-corrected chi connectivity index (χ0v) is 14.6. The summed E-state index contributed by atoms with van der Waals surface area (Å²) in [5.74, 6) is 0. The van der Waals surface area contributed by atoms with Gasteiger partial charge in [0.25, 0.3) is 0 Å². The van der Waals surface area contributed by atoms with E-state index in [9.17, 15) is 21.6 Å². The molecule has 2 nitrogen and oxygen atoms in total. The second-order valence-electron chi connectivity index (χ2n) is 5.92. The Bertz CT molecular complexity index is 1020. The van der Waals surface area contributed by atoms with Gasteiger partial charge in [-0.2, -0.15) is 13.2 Å². The van der Waals surface area contributed by atoms with Crippen LogP contribution in [0.25, 0.3) is 22.3 Å². The number of benzene rings is 3. The zero-order valence-electron chi connectivity index (χ0n) is 13.8. The molecule has 0 aromatic heterocycles. The number of alkyl halides is 3. The Morgan fingerprint density at radius 3 is 1.85 bits per heavy atom. The first-order chi connectivity index (χ1) is 12.2. The van der Waals surface area contributed by atoms with E-state index in [0.29, 0.717) is 16.7 Å². The van der Waals surface area contributed by atoms with E-state index in [1.807, 2.05) is 30.3 Å². The summed E-state index contributed by atoms with van der Waals surface area (Å²) in [5.41, 5.74) is 1.59. The smallest absolute Gasteiger partial charge is 0.224 e. The van der Waals surface area contributed by atoms with Crippen LogP contribution in [0.15, 0.2) is 77.7 Å². The molecule has 26 heavy (non-hydrogen) atoms. The van der Waals surface area contributed by atoms with Crippen LogP contribution in [0.2, 0.25) is 0 Å². The maximum atomic E-state index is 13.2. The fourth-order valence-corrected chi connectivity index (χ4v) is 3.34. The third kappa shape index (κ3) is 3.80. The van der Waals surface area contributed by atoms with Gasteiger partial charge in [-0.15, -0.1) is 0 Å². The summed E-state index contributed by atoms with van der Waals surface area (Å²) in [5, 5.41) is 0. The lowest BCUT2D eigenvalue weighted by Gasteiger charge is -2.14. The number of rotatable bonds is 3. The average Bonchev–Trinajstić information content (AvgIpc) is 2.60. The molecule has 0 atom stereocenters. The van der Waals surface area contributed by atoms with Crippen molar-refractivity contribution >= 4 is 9.84 Å². The molecule has 0 spiro atoms. The maximum absolute atomic E-state index is 13.2. The molecule has 0 amide bonds. The highest BCUT2D eigenvalue weighted by atomic mass is 32.2. The summed E-state index contributed by atoms with van der Waals surface area (Å²) in [4.78, 5) is 0.120. The van der Waals surface area contributed by atoms with E-state index in [0.717, 1.165) is 24.0 Å². The number of hydrogen-bond acceptors (Lipinski definition) is 2. The first kappa shape index (κ1) is 18.2. The molecule has 0 aliphatic heterocycles. The van der Waals surface area contributed by atoms with E-state index < -0.39 is 21.6 Å². The highest BCUT2D eigenvalue weighted by Gasteiger charge is 2.31. The quantitative estimate of drug-likeness (QED) is 0.610. The van der Waals surface area contributed by atoms with Gasteiger partial charge >= 0.3 is 6.18 Å². The minimum atomic E-state index is -4.46. The standard InChI is InChI=1S/C20H15F3O2S/c1-26(24,25)17-10-7-15(8-11-17)19-13-16(20(21,22)23)9-12-18(19)14-5-3-2-4-6-14/h2-13H,1H3. The van der Waals surface area contributed by atoms with Crippen molar-refractivity contribution in [1.29, 1.82) is 0 Å². The van der Waals surface area contributed by atoms with Gasteiger partial charge in [-0.05, 0) is 46.5 Å². The molecule has 0 radical (unpaired) electrons. The fraction of sp³-hybridized carbons (Fsp3) is 0.100. The molecule has 0 unspecified atom stereocenters. The second-order valence-corrected chi connectivity index (χ2v) is 7.94. The van der Waals surface area contributed by atoms with E-state index in [-0.39, 0.29) is 4.90 Å². The molecule has 3 aromatic rings. The van der Waals surface area contributed by atoms with Gasteiger partial charge in [0.15, 0.2) is 9.84 Å². The van der Waals surface area contributed by atoms with Crippen LogP contribution in [0.5, 0.6) is 0 Å². The van der Waals surface area contributed by atoms with Crippen LogP contribution >= 0.6 is 0 Å². The molecule has 0 heterocycles. The van der Waals surface area contributed by atoms with Crippen molar-refractivity contribution in [3.05, 3.63) is 78.4 Å². The van der Waals surface area contributed by atoms with Crippen molar-refractivity contribution in [2.75, 3.05) is 6.26 Å². The number of hydrogen-bond donors (Lipinski definition) is 0. The molecule has 6 heteroatoms. The molecule has 0 aliphatic rings. The van der Waals surface area contributed by atoms with E-state index in [4.69, 9.17) is 0 Å². The van der Waals surface area contributed by atoms with Crippen LogP contribution in [0.3, 0.4) is 0 Å². The minimum absolute atomic E-state index is 0.120. The van der Waals surface area contributed by atoms with Crippen molar-refractivity contribution in [2.45, 2.75) is 11.1 Å². The molecular weight excluding hydrogens is 361 g/mol. The Balaban J connectivity index is 2.20. The van der Waals surface area contributed by atoms with Gasteiger partial charge in [-0.25, -0.2) is 8.42 Å². The summed E-state index contributed by atoms with van der Waals surface area (Å²) < 4.78 is 62.7. The molecule has 0 saturated heterocycles. The lowest BCUT2D eigenvalue weighted by molar-refractivity contribution is -0.137. The Morgan fingerprint density at radius 2 is 1.31 bits per heavy atom. The molecule has 134 valence electrons. The Labute approximate surface area is 149 Å². The van der Waals surface area contributed by atoms with E-state index in [1.165, 1.54) is 30.3 Å². The molecule has 3 rings (SSSR count). The average molecular weight is 376 g/mol. The molecular formula is C20H15F3O2S. The van der Waals surface area contributed by atoms with Gasteiger partial charge in [0.1, 0.15) is 0 Å². The monoisotopic (exact) mass is 376 g/mol. The van der Waals surface area contributed by atoms with Gasteiger partial charge in [-0.3, -0.25) is 0 Å². The molecule has 0 aliphatic carbocycles. The summed E-state index contributed by atoms with van der Waals surface area (Å²) >= 11 is 0. The first-order valence-electron chi connectivity index (χ1n) is 7.73. The van der Waals surface area contributed by atoms with Crippen molar-refractivity contribution in [2.24, 2.45) is 0 Å². The van der Waals surface area contributed by atoms with Crippen LogP contribution in [0, 0.1) is 0 Å². The predicted molar refractivity (Wildman–Crippen MR) is 95.4 cm³/mol. The van der Waals surface area contributed by atoms with Gasteiger partial charge in [0.05, 0.1) is 10.5 Å². The third-order valence-corrected chi connectivity index (χ3v) is 5.15. The van der Waals surface area contributed by atoms with Crippen LogP contribution < -0.4 is 0 Å². The molecule has 0 bridgehead atoms. The van der Waals surface area contributed by atoms with Crippen molar-refractivity contribution < 1.29 is 21.6 Å². The van der Waals surface area contributed by atoms with Crippen LogP contribution in [-0.4, -0.2) is 14.7 Å². The van der Waals surface area contributed by atoms with Crippen molar-refractivity contribution in [3.8, 4) is 22.3 Å². The SMILES string of the molecule is CS(=O)(=O)c1ccc(-c2cc(C(F)(F)F)ccc2-c2ccccc2)cc1. The topological polar surface area (TPSA) is 34.1 Å². The third-order valence-electron chi connectivity index (χ3n) is 4.03. The predicted octanol–water partition coefficient (Wildman–Crippen LogP) is 5.44. The van der Waals surface area contributed by atoms with Gasteiger partial charge in [0.2, 0.25) is 0 Å². The molecule has 3 aromatic carbocycles. The minimum Gasteiger partial charge on any atom is -0.224 e. The summed E-state index contributed by atoms with van der Waals surface area (Å²) in [6.45, 7) is 0. The zero-order chi connectivity index (χ0) is 18.9. The summed E-state index contributed by atoms with van der Waals surface area (Å²) in [7, 11) is -3.38. The number of sulfone groups is 1. The van der Waals surface area contributed by atoms with Gasteiger partial charge < -0.3 is 0 Å². The van der Waals surface area contributed by atoms with Crippen LogP contribution in [0.1, 0.15) is 5.56 Å². The first-order valence-corrected chi connectivity index (χ1v) is 9.62. The Hall–Kier alpha value is -2.60. The largest absolute Gasteiger partial charge is 0.416 e. The second kappa shape index (κ2) is 6.61. The molecule has 0 N–H and O–H groups in total. The van der Waals surface area contributed by atoms with Crippen LogP contribution in [-0.2, 0) is 16.0 Å².